The van der Waals surface area contributed by atoms with Crippen molar-refractivity contribution in [3.05, 3.63) is 0 Å². The van der Waals surface area contributed by atoms with Gasteiger partial charge in [-0.1, -0.05) is 20.8 Å². The molecule has 102 valence electrons. The number of hydrogen-bond acceptors (Lipinski definition) is 3. The van der Waals surface area contributed by atoms with Crippen LogP contribution in [-0.2, 0) is 10.0 Å². The van der Waals surface area contributed by atoms with Crippen molar-refractivity contribution in [2.24, 2.45) is 11.8 Å². The molecule has 1 unspecified atom stereocenters. The monoisotopic (exact) mass is 262 g/mol. The molecule has 1 aliphatic rings. The third-order valence-electron chi connectivity index (χ3n) is 3.49. The van der Waals surface area contributed by atoms with E-state index in [2.05, 4.69) is 23.9 Å². The minimum absolute atomic E-state index is 0.0710. The predicted octanol–water partition coefficient (Wildman–Crippen LogP) is 1.34. The van der Waals surface area contributed by atoms with Crippen LogP contribution in [0.25, 0.3) is 0 Å². The van der Waals surface area contributed by atoms with E-state index in [1.807, 2.05) is 6.92 Å². The van der Waals surface area contributed by atoms with Crippen molar-refractivity contribution < 1.29 is 8.42 Å². The van der Waals surface area contributed by atoms with E-state index in [0.717, 1.165) is 32.4 Å². The average molecular weight is 262 g/mol. The molecule has 0 radical (unpaired) electrons. The van der Waals surface area contributed by atoms with Crippen LogP contribution in [0.5, 0.6) is 0 Å². The molecular formula is C12H26N2O2S. The number of sulfonamides is 1. The van der Waals surface area contributed by atoms with Crippen molar-refractivity contribution in [2.45, 2.75) is 46.1 Å². The quantitative estimate of drug-likeness (QED) is 0.759. The molecule has 2 N–H and O–H groups in total. The molecule has 1 aliphatic heterocycles. The Morgan fingerprint density at radius 2 is 1.88 bits per heavy atom. The van der Waals surface area contributed by atoms with Crippen molar-refractivity contribution in [3.63, 3.8) is 0 Å². The maximum absolute atomic E-state index is 12.0. The fraction of sp³-hybridized carbons (Fsp3) is 1.00. The Morgan fingerprint density at radius 1 is 1.29 bits per heavy atom. The molecule has 0 spiro atoms. The van der Waals surface area contributed by atoms with Gasteiger partial charge in [0.05, 0.1) is 5.75 Å². The minimum Gasteiger partial charge on any atom is -0.317 e. The van der Waals surface area contributed by atoms with Gasteiger partial charge >= 0.3 is 0 Å². The van der Waals surface area contributed by atoms with Gasteiger partial charge in [-0.15, -0.1) is 0 Å². The molecular weight excluding hydrogens is 236 g/mol. The lowest BCUT2D eigenvalue weighted by Crippen LogP contribution is -2.42. The molecule has 1 atom stereocenters. The highest BCUT2D eigenvalue weighted by Crippen LogP contribution is 2.15. The second kappa shape index (κ2) is 6.71. The van der Waals surface area contributed by atoms with Crippen LogP contribution in [0.3, 0.4) is 0 Å². The molecule has 0 amide bonds. The molecule has 0 bridgehead atoms. The van der Waals surface area contributed by atoms with E-state index in [9.17, 15) is 8.42 Å². The third-order valence-corrected chi connectivity index (χ3v) is 5.06. The van der Waals surface area contributed by atoms with Crippen LogP contribution >= 0.6 is 0 Å². The first-order chi connectivity index (χ1) is 7.94. The van der Waals surface area contributed by atoms with E-state index >= 15 is 0 Å². The van der Waals surface area contributed by atoms with Crippen LogP contribution in [0.1, 0.15) is 40.0 Å². The summed E-state index contributed by atoms with van der Waals surface area (Å²) in [5, 5.41) is 3.26. The van der Waals surface area contributed by atoms with Gasteiger partial charge in [-0.3, -0.25) is 0 Å². The lowest BCUT2D eigenvalue weighted by molar-refractivity contribution is 0.393. The minimum atomic E-state index is -3.12. The first kappa shape index (κ1) is 14.9. The molecule has 4 nitrogen and oxygen atoms in total. The summed E-state index contributed by atoms with van der Waals surface area (Å²) in [7, 11) is -3.12. The molecule has 0 aromatic heterocycles. The summed E-state index contributed by atoms with van der Waals surface area (Å²) in [5.41, 5.74) is 0. The highest BCUT2D eigenvalue weighted by Gasteiger charge is 2.24. The maximum atomic E-state index is 12.0. The lowest BCUT2D eigenvalue weighted by atomic mass is 10.0. The van der Waals surface area contributed by atoms with Crippen LogP contribution in [-0.4, -0.2) is 33.3 Å². The Balaban J connectivity index is 2.49. The summed E-state index contributed by atoms with van der Waals surface area (Å²) in [6.45, 7) is 8.03. The van der Waals surface area contributed by atoms with Gasteiger partial charge in [0, 0.05) is 6.04 Å². The standard InChI is InChI=1S/C12H26N2O2S/c1-4-12(10(2)3)14-17(15,16)9-11-5-7-13-8-6-11/h10-14H,4-9H2,1-3H3. The Bertz CT molecular complexity index is 308. The Kier molecular flexibility index (Phi) is 5.89. The molecule has 1 saturated heterocycles. The third kappa shape index (κ3) is 5.36. The molecule has 17 heavy (non-hydrogen) atoms. The van der Waals surface area contributed by atoms with E-state index in [1.165, 1.54) is 0 Å². The summed E-state index contributed by atoms with van der Waals surface area (Å²) in [5.74, 6) is 0.957. The molecule has 1 rings (SSSR count). The van der Waals surface area contributed by atoms with Gasteiger partial charge in [0.25, 0.3) is 0 Å². The van der Waals surface area contributed by atoms with E-state index in [4.69, 9.17) is 0 Å². The van der Waals surface area contributed by atoms with E-state index in [-0.39, 0.29) is 11.8 Å². The number of hydrogen-bond donors (Lipinski definition) is 2. The summed E-state index contributed by atoms with van der Waals surface area (Å²) < 4.78 is 26.9. The maximum Gasteiger partial charge on any atom is 0.212 e. The van der Waals surface area contributed by atoms with Crippen LogP contribution in [0, 0.1) is 11.8 Å². The van der Waals surface area contributed by atoms with Crippen molar-refractivity contribution in [1.29, 1.82) is 0 Å². The second-order valence-electron chi connectivity index (χ2n) is 5.35. The van der Waals surface area contributed by atoms with Gasteiger partial charge < -0.3 is 5.32 Å². The zero-order valence-electron chi connectivity index (χ0n) is 11.2. The van der Waals surface area contributed by atoms with E-state index in [1.54, 1.807) is 0 Å². The van der Waals surface area contributed by atoms with Crippen LogP contribution in [0.4, 0.5) is 0 Å². The largest absolute Gasteiger partial charge is 0.317 e. The Labute approximate surface area is 106 Å². The van der Waals surface area contributed by atoms with Crippen LogP contribution in [0.2, 0.25) is 0 Å². The first-order valence-electron chi connectivity index (χ1n) is 6.65. The van der Waals surface area contributed by atoms with Gasteiger partial charge in [0.2, 0.25) is 10.0 Å². The molecule has 0 saturated carbocycles. The highest BCUT2D eigenvalue weighted by atomic mass is 32.2. The summed E-state index contributed by atoms with van der Waals surface area (Å²) in [6.07, 6.45) is 2.79. The zero-order valence-corrected chi connectivity index (χ0v) is 12.0. The molecule has 1 fully saturated rings. The molecule has 0 aromatic carbocycles. The highest BCUT2D eigenvalue weighted by molar-refractivity contribution is 7.89. The lowest BCUT2D eigenvalue weighted by Gasteiger charge is -2.25. The molecule has 0 aliphatic carbocycles. The molecule has 0 aromatic rings. The second-order valence-corrected chi connectivity index (χ2v) is 7.15. The van der Waals surface area contributed by atoms with Crippen molar-refractivity contribution in [1.82, 2.24) is 10.0 Å². The average Bonchev–Trinajstić information content (AvgIpc) is 2.26. The Morgan fingerprint density at radius 3 is 2.35 bits per heavy atom. The summed E-state index contributed by atoms with van der Waals surface area (Å²) in [6, 6.07) is 0.0710. The molecule has 5 heteroatoms. The Hall–Kier alpha value is -0.130. The predicted molar refractivity (Wildman–Crippen MR) is 71.4 cm³/mol. The van der Waals surface area contributed by atoms with Crippen molar-refractivity contribution >= 4 is 10.0 Å². The summed E-state index contributed by atoms with van der Waals surface area (Å²) >= 11 is 0. The van der Waals surface area contributed by atoms with Gasteiger partial charge in [0.15, 0.2) is 0 Å². The molecule has 1 heterocycles. The van der Waals surface area contributed by atoms with Gasteiger partial charge in [-0.05, 0) is 44.2 Å². The van der Waals surface area contributed by atoms with Crippen LogP contribution in [0.15, 0.2) is 0 Å². The van der Waals surface area contributed by atoms with E-state index in [0.29, 0.717) is 11.8 Å². The number of rotatable bonds is 6. The SMILES string of the molecule is CCC(NS(=O)(=O)CC1CCNCC1)C(C)C. The van der Waals surface area contributed by atoms with Gasteiger partial charge in [-0.2, -0.15) is 0 Å². The summed E-state index contributed by atoms with van der Waals surface area (Å²) in [4.78, 5) is 0. The van der Waals surface area contributed by atoms with Crippen LogP contribution < -0.4 is 10.0 Å². The van der Waals surface area contributed by atoms with Crippen molar-refractivity contribution in [2.75, 3.05) is 18.8 Å². The number of piperidine rings is 1. The van der Waals surface area contributed by atoms with E-state index < -0.39 is 10.0 Å². The van der Waals surface area contributed by atoms with Crippen molar-refractivity contribution in [3.8, 4) is 0 Å². The normalized spacial score (nSPS) is 20.7. The topological polar surface area (TPSA) is 58.2 Å². The fourth-order valence-electron chi connectivity index (χ4n) is 2.33. The zero-order chi connectivity index (χ0) is 12.9. The number of nitrogens with one attached hydrogen (secondary N) is 2. The van der Waals surface area contributed by atoms with Gasteiger partial charge in [-0.25, -0.2) is 13.1 Å². The first-order valence-corrected chi connectivity index (χ1v) is 8.30. The fourth-order valence-corrected chi connectivity index (χ4v) is 4.28. The smallest absolute Gasteiger partial charge is 0.212 e. The van der Waals surface area contributed by atoms with Gasteiger partial charge in [0.1, 0.15) is 0 Å².